The van der Waals surface area contributed by atoms with Gasteiger partial charge in [-0.15, -0.1) is 0 Å². The van der Waals surface area contributed by atoms with Gasteiger partial charge < -0.3 is 10.1 Å². The lowest BCUT2D eigenvalue weighted by atomic mass is 10.2. The average Bonchev–Trinajstić information content (AvgIpc) is 2.24. The Morgan fingerprint density at radius 1 is 1.29 bits per heavy atom. The quantitative estimate of drug-likeness (QED) is 0.671. The Labute approximate surface area is 105 Å². The van der Waals surface area contributed by atoms with Crippen molar-refractivity contribution in [2.24, 2.45) is 11.8 Å². The molecule has 2 atom stereocenters. The van der Waals surface area contributed by atoms with Crippen molar-refractivity contribution >= 4 is 22.7 Å². The van der Waals surface area contributed by atoms with Crippen LogP contribution in [0.15, 0.2) is 0 Å². The van der Waals surface area contributed by atoms with Crippen molar-refractivity contribution in [3.8, 4) is 0 Å². The molecule has 0 aromatic heterocycles. The van der Waals surface area contributed by atoms with Gasteiger partial charge >= 0.3 is 5.97 Å². The second-order valence-electron chi connectivity index (χ2n) is 4.37. The highest BCUT2D eigenvalue weighted by molar-refractivity contribution is 7.85. The van der Waals surface area contributed by atoms with Crippen molar-refractivity contribution in [1.29, 1.82) is 0 Å². The van der Waals surface area contributed by atoms with Gasteiger partial charge in [-0.1, -0.05) is 20.8 Å². The lowest BCUT2D eigenvalue weighted by molar-refractivity contribution is -0.144. The molecule has 1 amide bonds. The summed E-state index contributed by atoms with van der Waals surface area (Å²) in [6, 6.07) is 0. The summed E-state index contributed by atoms with van der Waals surface area (Å²) < 4.78 is 16.1. The van der Waals surface area contributed by atoms with Crippen LogP contribution in [0.5, 0.6) is 0 Å². The third-order valence-corrected chi connectivity index (χ3v) is 3.49. The maximum atomic E-state index is 11.6. The molecule has 2 unspecified atom stereocenters. The molecule has 1 N–H and O–H groups in total. The molecule has 0 saturated heterocycles. The molecule has 5 nitrogen and oxygen atoms in total. The van der Waals surface area contributed by atoms with E-state index in [2.05, 4.69) is 10.1 Å². The fourth-order valence-electron chi connectivity index (χ4n) is 1.12. The number of carbonyl (C=O) groups is 2. The Morgan fingerprint density at radius 2 is 1.88 bits per heavy atom. The van der Waals surface area contributed by atoms with E-state index in [4.69, 9.17) is 0 Å². The molecule has 0 aromatic carbocycles. The van der Waals surface area contributed by atoms with Crippen molar-refractivity contribution in [1.82, 2.24) is 5.32 Å². The summed E-state index contributed by atoms with van der Waals surface area (Å²) in [7, 11) is -0.0412. The third-order valence-electron chi connectivity index (χ3n) is 2.04. The smallest absolute Gasteiger partial charge is 0.309 e. The van der Waals surface area contributed by atoms with E-state index in [1.54, 1.807) is 6.92 Å². The summed E-state index contributed by atoms with van der Waals surface area (Å²) in [5.74, 6) is -0.634. The zero-order valence-corrected chi connectivity index (χ0v) is 11.6. The number of amides is 1. The fraction of sp³-hybridized carbons (Fsp3) is 0.818. The minimum Gasteiger partial charge on any atom is -0.469 e. The standard InChI is InChI=1S/C11H21NO4S/c1-8(2)5-12-10(13)7-17(15)6-9(3)11(14)16-4/h8-9H,5-7H2,1-4H3,(H,12,13). The summed E-state index contributed by atoms with van der Waals surface area (Å²) in [5.41, 5.74) is 0. The zero-order valence-electron chi connectivity index (χ0n) is 10.8. The summed E-state index contributed by atoms with van der Waals surface area (Å²) in [6.07, 6.45) is 0. The Balaban J connectivity index is 3.93. The number of carbonyl (C=O) groups excluding carboxylic acids is 2. The topological polar surface area (TPSA) is 72.5 Å². The molecule has 0 aliphatic rings. The van der Waals surface area contributed by atoms with Crippen LogP contribution >= 0.6 is 0 Å². The van der Waals surface area contributed by atoms with Crippen molar-refractivity contribution in [3.05, 3.63) is 0 Å². The van der Waals surface area contributed by atoms with E-state index in [0.29, 0.717) is 12.5 Å². The lowest BCUT2D eigenvalue weighted by Gasteiger charge is -2.10. The van der Waals surface area contributed by atoms with Gasteiger partial charge in [0.1, 0.15) is 5.75 Å². The largest absolute Gasteiger partial charge is 0.469 e. The zero-order chi connectivity index (χ0) is 13.4. The number of methoxy groups -OCH3 is 1. The molecule has 0 rings (SSSR count). The maximum Gasteiger partial charge on any atom is 0.309 e. The van der Waals surface area contributed by atoms with E-state index < -0.39 is 22.7 Å². The monoisotopic (exact) mass is 263 g/mol. The summed E-state index contributed by atoms with van der Waals surface area (Å²) in [6.45, 7) is 6.17. The van der Waals surface area contributed by atoms with Gasteiger partial charge in [-0.05, 0) is 5.92 Å². The Kier molecular flexibility index (Phi) is 7.78. The summed E-state index contributed by atoms with van der Waals surface area (Å²) in [4.78, 5) is 22.4. The highest BCUT2D eigenvalue weighted by Crippen LogP contribution is 2.01. The van der Waals surface area contributed by atoms with Gasteiger partial charge in [0.05, 0.1) is 13.0 Å². The minimum atomic E-state index is -1.33. The Hall–Kier alpha value is -0.910. The van der Waals surface area contributed by atoms with Crippen LogP contribution in [0.25, 0.3) is 0 Å². The van der Waals surface area contributed by atoms with Crippen molar-refractivity contribution in [2.45, 2.75) is 20.8 Å². The molecule has 0 radical (unpaired) electrons. The van der Waals surface area contributed by atoms with E-state index in [9.17, 15) is 13.8 Å². The van der Waals surface area contributed by atoms with Crippen LogP contribution < -0.4 is 5.32 Å². The number of ether oxygens (including phenoxy) is 1. The summed E-state index contributed by atoms with van der Waals surface area (Å²) in [5, 5.41) is 2.68. The molecule has 6 heteroatoms. The van der Waals surface area contributed by atoms with Crippen LogP contribution in [0.2, 0.25) is 0 Å². The van der Waals surface area contributed by atoms with Crippen molar-refractivity contribution in [3.63, 3.8) is 0 Å². The number of hydrogen-bond acceptors (Lipinski definition) is 4. The molecule has 0 aliphatic heterocycles. The van der Waals surface area contributed by atoms with Crippen molar-refractivity contribution in [2.75, 3.05) is 25.2 Å². The predicted molar refractivity (Wildman–Crippen MR) is 66.9 cm³/mol. The lowest BCUT2D eigenvalue weighted by Crippen LogP contribution is -2.33. The van der Waals surface area contributed by atoms with E-state index in [1.807, 2.05) is 13.8 Å². The Morgan fingerprint density at radius 3 is 2.35 bits per heavy atom. The van der Waals surface area contributed by atoms with Crippen LogP contribution in [0.3, 0.4) is 0 Å². The first kappa shape index (κ1) is 16.1. The number of rotatable bonds is 7. The van der Waals surface area contributed by atoms with E-state index >= 15 is 0 Å². The van der Waals surface area contributed by atoms with Gasteiger partial charge in [-0.25, -0.2) is 0 Å². The molecule has 0 heterocycles. The highest BCUT2D eigenvalue weighted by atomic mass is 32.2. The number of esters is 1. The highest BCUT2D eigenvalue weighted by Gasteiger charge is 2.18. The predicted octanol–water partition coefficient (Wildman–Crippen LogP) is 0.316. The van der Waals surface area contributed by atoms with Crippen LogP contribution in [0.4, 0.5) is 0 Å². The SMILES string of the molecule is COC(=O)C(C)CS(=O)CC(=O)NCC(C)C. The minimum absolute atomic E-state index is 0.0615. The maximum absolute atomic E-state index is 11.6. The second-order valence-corrected chi connectivity index (χ2v) is 5.87. The molecule has 0 spiro atoms. The molecular weight excluding hydrogens is 242 g/mol. The first-order valence-electron chi connectivity index (χ1n) is 5.56. The van der Waals surface area contributed by atoms with E-state index in [0.717, 1.165) is 0 Å². The van der Waals surface area contributed by atoms with E-state index in [1.165, 1.54) is 7.11 Å². The number of nitrogens with one attached hydrogen (secondary N) is 1. The first-order chi connectivity index (χ1) is 7.86. The van der Waals surface area contributed by atoms with Gasteiger partial charge in [0.15, 0.2) is 0 Å². The van der Waals surface area contributed by atoms with Gasteiger partial charge in [0, 0.05) is 23.1 Å². The Bertz CT molecular complexity index is 291. The van der Waals surface area contributed by atoms with Crippen LogP contribution in [0, 0.1) is 11.8 Å². The fourth-order valence-corrected chi connectivity index (χ4v) is 2.33. The molecule has 0 aliphatic carbocycles. The van der Waals surface area contributed by atoms with Gasteiger partial charge in [-0.3, -0.25) is 13.8 Å². The van der Waals surface area contributed by atoms with Crippen LogP contribution in [-0.4, -0.2) is 41.2 Å². The molecule has 100 valence electrons. The molecule has 0 fully saturated rings. The second kappa shape index (κ2) is 8.22. The van der Waals surface area contributed by atoms with E-state index in [-0.39, 0.29) is 17.4 Å². The third kappa shape index (κ3) is 7.90. The molecular formula is C11H21NO4S. The van der Waals surface area contributed by atoms with Gasteiger partial charge in [0.25, 0.3) is 0 Å². The summed E-state index contributed by atoms with van der Waals surface area (Å²) >= 11 is 0. The molecule has 0 bridgehead atoms. The van der Waals surface area contributed by atoms with Crippen LogP contribution in [-0.2, 0) is 25.1 Å². The van der Waals surface area contributed by atoms with Crippen molar-refractivity contribution < 1.29 is 18.5 Å². The van der Waals surface area contributed by atoms with Gasteiger partial charge in [-0.2, -0.15) is 0 Å². The molecule has 0 aromatic rings. The van der Waals surface area contributed by atoms with Gasteiger partial charge in [0.2, 0.25) is 5.91 Å². The number of hydrogen-bond donors (Lipinski definition) is 1. The molecule has 17 heavy (non-hydrogen) atoms. The average molecular weight is 263 g/mol. The normalized spacial score (nSPS) is 14.2. The van der Waals surface area contributed by atoms with Crippen LogP contribution in [0.1, 0.15) is 20.8 Å². The first-order valence-corrected chi connectivity index (χ1v) is 7.05. The molecule has 0 saturated carbocycles.